The highest BCUT2D eigenvalue weighted by Gasteiger charge is 2.46. The first-order valence-electron chi connectivity index (χ1n) is 6.58. The molecule has 1 aromatic rings. The molecular formula is C9H13FN2O12P2. The average molecular weight is 422 g/mol. The van der Waals surface area contributed by atoms with Crippen LogP contribution in [0.3, 0.4) is 0 Å². The van der Waals surface area contributed by atoms with Crippen molar-refractivity contribution in [1.29, 1.82) is 0 Å². The zero-order valence-electron chi connectivity index (χ0n) is 12.4. The molecule has 1 unspecified atom stereocenters. The predicted octanol–water partition coefficient (Wildman–Crippen LogP) is -2.41. The number of aromatic nitrogens is 2. The molecule has 0 spiro atoms. The van der Waals surface area contributed by atoms with Crippen LogP contribution in [0.1, 0.15) is 6.23 Å². The molecule has 1 aliphatic rings. The summed E-state index contributed by atoms with van der Waals surface area (Å²) in [5, 5.41) is 19.7. The summed E-state index contributed by atoms with van der Waals surface area (Å²) in [7, 11) is -10.6. The van der Waals surface area contributed by atoms with Crippen LogP contribution in [0, 0.1) is 0 Å². The lowest BCUT2D eigenvalue weighted by Gasteiger charge is -2.17. The first-order chi connectivity index (χ1) is 11.8. The fourth-order valence-electron chi connectivity index (χ4n) is 2.08. The van der Waals surface area contributed by atoms with Gasteiger partial charge in [0.25, 0.3) is 5.56 Å². The molecule has 1 aliphatic heterocycles. The van der Waals surface area contributed by atoms with Crippen molar-refractivity contribution in [2.24, 2.45) is 0 Å². The molecule has 2 rings (SSSR count). The van der Waals surface area contributed by atoms with E-state index in [0.29, 0.717) is 10.6 Å². The van der Waals surface area contributed by atoms with Crippen LogP contribution >= 0.6 is 15.6 Å². The zero-order valence-corrected chi connectivity index (χ0v) is 14.2. The van der Waals surface area contributed by atoms with Crippen LogP contribution in [0.5, 0.6) is 0 Å². The minimum absolute atomic E-state index is 0.444. The summed E-state index contributed by atoms with van der Waals surface area (Å²) >= 11 is 0. The Bertz CT molecular complexity index is 878. The number of hydrogen-bond acceptors (Lipinski definition) is 9. The molecule has 1 saturated heterocycles. The summed E-state index contributed by atoms with van der Waals surface area (Å²) in [5.41, 5.74) is -2.80. The van der Waals surface area contributed by atoms with Gasteiger partial charge < -0.3 is 29.6 Å². The Balaban J connectivity index is 2.14. The minimum Gasteiger partial charge on any atom is -0.387 e. The summed E-state index contributed by atoms with van der Waals surface area (Å²) in [6.07, 6.45) is -6.10. The molecule has 0 aromatic carbocycles. The number of phosphoric acid groups is 2. The van der Waals surface area contributed by atoms with Gasteiger partial charge >= 0.3 is 21.3 Å². The molecule has 1 fully saturated rings. The second kappa shape index (κ2) is 7.40. The maximum absolute atomic E-state index is 13.3. The van der Waals surface area contributed by atoms with E-state index in [0.717, 1.165) is 6.20 Å². The van der Waals surface area contributed by atoms with Gasteiger partial charge in [-0.1, -0.05) is 9.27 Å². The van der Waals surface area contributed by atoms with E-state index in [1.165, 1.54) is 0 Å². The van der Waals surface area contributed by atoms with E-state index in [4.69, 9.17) is 19.4 Å². The Labute approximate surface area is 142 Å². The van der Waals surface area contributed by atoms with E-state index in [2.05, 4.69) is 8.83 Å². The van der Waals surface area contributed by atoms with E-state index >= 15 is 0 Å². The van der Waals surface area contributed by atoms with Crippen molar-refractivity contribution in [3.8, 4) is 0 Å². The summed E-state index contributed by atoms with van der Waals surface area (Å²) in [5.74, 6) is 0. The molecule has 26 heavy (non-hydrogen) atoms. The molecular weight excluding hydrogens is 409 g/mol. The summed E-state index contributed by atoms with van der Waals surface area (Å²) in [4.78, 5) is 48.0. The van der Waals surface area contributed by atoms with Gasteiger partial charge in [-0.15, -0.1) is 0 Å². The van der Waals surface area contributed by atoms with Crippen LogP contribution in [-0.4, -0.2) is 59.2 Å². The van der Waals surface area contributed by atoms with Crippen LogP contribution in [0.4, 0.5) is 4.48 Å². The second-order valence-corrected chi connectivity index (χ2v) is 7.84. The molecule has 5 N–H and O–H groups in total. The Morgan fingerprint density at radius 1 is 1.19 bits per heavy atom. The van der Waals surface area contributed by atoms with Gasteiger partial charge in [0.1, 0.15) is 18.3 Å². The number of phosphoric ester groups is 1. The van der Waals surface area contributed by atoms with Gasteiger partial charge in [0.2, 0.25) is 0 Å². The largest absolute Gasteiger partial charge is 0.481 e. The number of ether oxygens (including phenoxy) is 1. The maximum Gasteiger partial charge on any atom is 0.481 e. The Kier molecular flexibility index (Phi) is 5.99. The SMILES string of the molecule is O=c1ccn([C@@H]2O[C@H](COP(=O)(O)OP(=O)(O)O)[C@@H](O)[C@H]2O)c(=O)n1F. The Hall–Kier alpha value is -1.25. The van der Waals surface area contributed by atoms with Crippen LogP contribution in [0.15, 0.2) is 21.9 Å². The molecule has 2 heterocycles. The predicted molar refractivity (Wildman–Crippen MR) is 76.3 cm³/mol. The Morgan fingerprint density at radius 3 is 2.38 bits per heavy atom. The van der Waals surface area contributed by atoms with Crippen LogP contribution in [0.2, 0.25) is 0 Å². The van der Waals surface area contributed by atoms with E-state index in [1.807, 2.05) is 0 Å². The highest BCUT2D eigenvalue weighted by Crippen LogP contribution is 2.57. The van der Waals surface area contributed by atoms with E-state index in [-0.39, 0.29) is 0 Å². The van der Waals surface area contributed by atoms with Crippen molar-refractivity contribution in [1.82, 2.24) is 9.36 Å². The van der Waals surface area contributed by atoms with Crippen molar-refractivity contribution in [3.63, 3.8) is 0 Å². The highest BCUT2D eigenvalue weighted by molar-refractivity contribution is 7.60. The van der Waals surface area contributed by atoms with Crippen molar-refractivity contribution >= 4 is 15.6 Å². The first kappa shape index (κ1) is 21.1. The van der Waals surface area contributed by atoms with Gasteiger partial charge in [0.05, 0.1) is 6.61 Å². The fourth-order valence-corrected chi connectivity index (χ4v) is 3.68. The van der Waals surface area contributed by atoms with Crippen molar-refractivity contribution < 1.29 is 52.1 Å². The number of hydrogen-bond donors (Lipinski definition) is 5. The highest BCUT2D eigenvalue weighted by atomic mass is 31.3. The molecule has 0 radical (unpaired) electrons. The number of nitrogens with zero attached hydrogens (tertiary/aromatic N) is 2. The Morgan fingerprint density at radius 2 is 1.81 bits per heavy atom. The third-order valence-electron chi connectivity index (χ3n) is 3.18. The lowest BCUT2D eigenvalue weighted by atomic mass is 10.1. The molecule has 0 saturated carbocycles. The maximum atomic E-state index is 13.3. The third kappa shape index (κ3) is 4.72. The van der Waals surface area contributed by atoms with Gasteiger partial charge in [-0.05, 0) is 0 Å². The number of aliphatic hydroxyl groups is 2. The first-order valence-corrected chi connectivity index (χ1v) is 9.61. The lowest BCUT2D eigenvalue weighted by molar-refractivity contribution is -0.0557. The van der Waals surface area contributed by atoms with Crippen molar-refractivity contribution in [3.05, 3.63) is 33.1 Å². The summed E-state index contributed by atoms with van der Waals surface area (Å²) in [6.45, 7) is -0.994. The quantitative estimate of drug-likeness (QED) is 0.304. The molecule has 148 valence electrons. The van der Waals surface area contributed by atoms with Gasteiger partial charge in [-0.25, -0.2) is 13.9 Å². The average Bonchev–Trinajstić information content (AvgIpc) is 2.77. The molecule has 5 atom stereocenters. The third-order valence-corrected chi connectivity index (χ3v) is 5.33. The van der Waals surface area contributed by atoms with Crippen LogP contribution in [0.25, 0.3) is 0 Å². The van der Waals surface area contributed by atoms with Gasteiger partial charge in [-0.2, -0.15) is 4.31 Å². The zero-order chi connectivity index (χ0) is 19.9. The summed E-state index contributed by atoms with van der Waals surface area (Å²) < 4.78 is 48.4. The molecule has 17 heteroatoms. The van der Waals surface area contributed by atoms with Crippen LogP contribution in [-0.2, 0) is 22.7 Å². The molecule has 1 aromatic heterocycles. The summed E-state index contributed by atoms with van der Waals surface area (Å²) in [6, 6.07) is 0.642. The number of halogens is 1. The topological polar surface area (TPSA) is 207 Å². The fraction of sp³-hybridized carbons (Fsp3) is 0.556. The second-order valence-electron chi connectivity index (χ2n) is 5.01. The monoisotopic (exact) mass is 422 g/mol. The number of aliphatic hydroxyl groups excluding tert-OH is 2. The lowest BCUT2D eigenvalue weighted by Crippen LogP contribution is -2.40. The van der Waals surface area contributed by atoms with Crippen molar-refractivity contribution in [2.45, 2.75) is 24.5 Å². The van der Waals surface area contributed by atoms with Gasteiger partial charge in [0.15, 0.2) is 6.23 Å². The minimum atomic E-state index is -5.36. The molecule has 0 bridgehead atoms. The number of rotatable bonds is 6. The van der Waals surface area contributed by atoms with Crippen molar-refractivity contribution in [2.75, 3.05) is 6.61 Å². The molecule has 0 amide bonds. The van der Waals surface area contributed by atoms with Crippen LogP contribution < -0.4 is 11.2 Å². The molecule has 0 aliphatic carbocycles. The van der Waals surface area contributed by atoms with E-state index in [9.17, 15) is 33.4 Å². The molecule has 14 nitrogen and oxygen atoms in total. The normalized spacial score (nSPS) is 28.8. The van der Waals surface area contributed by atoms with Gasteiger partial charge in [0, 0.05) is 12.3 Å². The van der Waals surface area contributed by atoms with Gasteiger partial charge in [-0.3, -0.25) is 13.9 Å². The standard InChI is InChI=1S/C9H13FN2O12P2/c10-12-5(13)1-2-11(9(12)16)8-7(15)6(14)4(23-8)3-22-26(20,21)24-25(17,18)19/h1-2,4,6-8,14-15H,3H2,(H,20,21)(H2,17,18,19)/t4-,6-,7-,8-/m1/s1. The van der Waals surface area contributed by atoms with E-state index < -0.39 is 62.8 Å². The smallest absolute Gasteiger partial charge is 0.387 e. The van der Waals surface area contributed by atoms with E-state index in [1.54, 1.807) is 0 Å².